The van der Waals surface area contributed by atoms with Crippen molar-refractivity contribution in [3.05, 3.63) is 29.2 Å². The molecule has 1 fully saturated rings. The molecule has 0 spiro atoms. The second kappa shape index (κ2) is 5.50. The monoisotopic (exact) mass is 319 g/mol. The average Bonchev–Trinajstić information content (AvgIpc) is 3.07. The highest BCUT2D eigenvalue weighted by molar-refractivity contribution is 7.98. The number of halogens is 2. The molecule has 0 bridgehead atoms. The fourth-order valence-electron chi connectivity index (χ4n) is 2.03. The lowest BCUT2D eigenvalue weighted by molar-refractivity contribution is 0.684. The molecule has 0 amide bonds. The first kappa shape index (κ1) is 14.9. The summed E-state index contributed by atoms with van der Waals surface area (Å²) >= 11 is 1.41. The van der Waals surface area contributed by atoms with Crippen molar-refractivity contribution in [3.63, 3.8) is 0 Å². The molecule has 1 aromatic rings. The molecular formula is C13H15F2NS3. The van der Waals surface area contributed by atoms with Gasteiger partial charge in [-0.25, -0.2) is 0 Å². The maximum atomic E-state index is 12.9. The Morgan fingerprint density at radius 3 is 2.32 bits per heavy atom. The zero-order chi connectivity index (χ0) is 14.2. The Hall–Kier alpha value is -0.460. The van der Waals surface area contributed by atoms with E-state index in [0.29, 0.717) is 9.10 Å². The van der Waals surface area contributed by atoms with Crippen LogP contribution in [0.4, 0.5) is 7.77 Å². The lowest BCUT2D eigenvalue weighted by Gasteiger charge is -2.20. The summed E-state index contributed by atoms with van der Waals surface area (Å²) < 4.78 is 26.0. The molecule has 1 heterocycles. The van der Waals surface area contributed by atoms with E-state index in [1.54, 1.807) is 6.92 Å². The molecule has 104 valence electrons. The van der Waals surface area contributed by atoms with E-state index in [0.717, 1.165) is 34.6 Å². The first-order chi connectivity index (χ1) is 8.95. The fourth-order valence-corrected chi connectivity index (χ4v) is 4.24. The molecule has 1 aliphatic carbocycles. The first-order valence-corrected chi connectivity index (χ1v) is 8.04. The third-order valence-electron chi connectivity index (χ3n) is 3.44. The zero-order valence-corrected chi connectivity index (χ0v) is 13.3. The quantitative estimate of drug-likeness (QED) is 0.678. The highest BCUT2D eigenvalue weighted by atomic mass is 32.2. The van der Waals surface area contributed by atoms with E-state index in [4.69, 9.17) is 0 Å². The summed E-state index contributed by atoms with van der Waals surface area (Å²) in [6, 6.07) is 0. The molecule has 1 nitrogen and oxygen atoms in total. The molecule has 2 rings (SSSR count). The molecule has 0 atom stereocenters. The van der Waals surface area contributed by atoms with Gasteiger partial charge in [0, 0.05) is 5.70 Å². The maximum Gasteiger partial charge on any atom is 0.110 e. The Kier molecular flexibility index (Phi) is 4.32. The van der Waals surface area contributed by atoms with E-state index in [9.17, 15) is 7.77 Å². The molecule has 1 saturated carbocycles. The summed E-state index contributed by atoms with van der Waals surface area (Å²) in [5.74, 6) is 0. The summed E-state index contributed by atoms with van der Waals surface area (Å²) in [5.41, 5.74) is 2.47. The van der Waals surface area contributed by atoms with Crippen molar-refractivity contribution in [1.82, 2.24) is 5.32 Å². The standard InChI is InChI=1S/C13H15F2NS3/c1-7(2)13(5-6-13)16-9(4)10-8(3)11(18-14)12(17-10)19-15/h16H,1,4-6H2,2-3H3. The molecule has 1 aromatic heterocycles. The predicted octanol–water partition coefficient (Wildman–Crippen LogP) is 5.68. The smallest absolute Gasteiger partial charge is 0.110 e. The van der Waals surface area contributed by atoms with Gasteiger partial charge in [0.15, 0.2) is 0 Å². The minimum absolute atomic E-state index is 0.0699. The summed E-state index contributed by atoms with van der Waals surface area (Å²) in [7, 11) is 0. The summed E-state index contributed by atoms with van der Waals surface area (Å²) in [6.45, 7) is 11.8. The van der Waals surface area contributed by atoms with Gasteiger partial charge in [-0.1, -0.05) is 18.7 Å². The topological polar surface area (TPSA) is 12.0 Å². The number of hydrogen-bond acceptors (Lipinski definition) is 4. The van der Waals surface area contributed by atoms with Crippen LogP contribution in [0.1, 0.15) is 30.2 Å². The SMILES string of the molecule is C=C(NC1(C(=C)C)CC1)c1sc(SF)c(SF)c1C. The zero-order valence-electron chi connectivity index (χ0n) is 10.8. The Morgan fingerprint density at radius 1 is 1.32 bits per heavy atom. The van der Waals surface area contributed by atoms with Crippen molar-refractivity contribution in [3.8, 4) is 0 Å². The Labute approximate surface area is 125 Å². The van der Waals surface area contributed by atoms with Crippen molar-refractivity contribution >= 4 is 41.3 Å². The molecule has 0 aliphatic heterocycles. The maximum absolute atomic E-state index is 12.9. The average molecular weight is 319 g/mol. The van der Waals surface area contributed by atoms with Crippen LogP contribution in [0.5, 0.6) is 0 Å². The lowest BCUT2D eigenvalue weighted by atomic mass is 10.1. The summed E-state index contributed by atoms with van der Waals surface area (Å²) in [4.78, 5) is 1.17. The van der Waals surface area contributed by atoms with Crippen LogP contribution in [0.2, 0.25) is 0 Å². The fraction of sp³-hybridized carbons (Fsp3) is 0.385. The van der Waals surface area contributed by atoms with Gasteiger partial charge in [0.05, 0.1) is 39.6 Å². The van der Waals surface area contributed by atoms with Crippen LogP contribution in [-0.2, 0) is 0 Å². The number of thiophene rings is 1. The molecule has 19 heavy (non-hydrogen) atoms. The van der Waals surface area contributed by atoms with Gasteiger partial charge in [-0.2, -0.15) is 7.77 Å². The van der Waals surface area contributed by atoms with Crippen molar-refractivity contribution in [2.75, 3.05) is 0 Å². The van der Waals surface area contributed by atoms with E-state index in [-0.39, 0.29) is 29.8 Å². The molecule has 1 N–H and O–H groups in total. The van der Waals surface area contributed by atoms with E-state index in [1.807, 2.05) is 6.92 Å². The van der Waals surface area contributed by atoms with Crippen molar-refractivity contribution in [2.24, 2.45) is 0 Å². The molecule has 1 aliphatic rings. The molecule has 0 aromatic carbocycles. The molecule has 0 unspecified atom stereocenters. The first-order valence-electron chi connectivity index (χ1n) is 5.79. The van der Waals surface area contributed by atoms with Gasteiger partial charge in [-0.15, -0.1) is 11.3 Å². The van der Waals surface area contributed by atoms with E-state index in [1.165, 1.54) is 11.3 Å². The van der Waals surface area contributed by atoms with Crippen LogP contribution in [0.25, 0.3) is 5.70 Å². The van der Waals surface area contributed by atoms with E-state index >= 15 is 0 Å². The lowest BCUT2D eigenvalue weighted by Crippen LogP contribution is -2.30. The largest absolute Gasteiger partial charge is 0.375 e. The minimum atomic E-state index is -0.0699. The number of hydrogen-bond donors (Lipinski definition) is 1. The molecular weight excluding hydrogens is 304 g/mol. The highest BCUT2D eigenvalue weighted by Gasteiger charge is 2.44. The van der Waals surface area contributed by atoms with Crippen LogP contribution >= 0.6 is 35.6 Å². The normalized spacial score (nSPS) is 16.2. The van der Waals surface area contributed by atoms with Gasteiger partial charge in [-0.3, -0.25) is 0 Å². The van der Waals surface area contributed by atoms with Crippen LogP contribution in [0.3, 0.4) is 0 Å². The summed E-state index contributed by atoms with van der Waals surface area (Å²) in [6.07, 6.45) is 2.06. The molecule has 0 saturated heterocycles. The van der Waals surface area contributed by atoms with Crippen LogP contribution in [0, 0.1) is 6.92 Å². The predicted molar refractivity (Wildman–Crippen MR) is 81.9 cm³/mol. The van der Waals surface area contributed by atoms with Gasteiger partial charge >= 0.3 is 0 Å². The van der Waals surface area contributed by atoms with Gasteiger partial charge in [0.2, 0.25) is 0 Å². The van der Waals surface area contributed by atoms with Crippen LogP contribution < -0.4 is 5.32 Å². The third-order valence-corrected chi connectivity index (χ3v) is 6.29. The van der Waals surface area contributed by atoms with Gasteiger partial charge in [0.1, 0.15) is 4.21 Å². The second-order valence-corrected chi connectivity index (χ2v) is 7.20. The molecule has 0 radical (unpaired) electrons. The van der Waals surface area contributed by atoms with Crippen LogP contribution in [0.15, 0.2) is 27.8 Å². The van der Waals surface area contributed by atoms with Gasteiger partial charge in [0.25, 0.3) is 0 Å². The van der Waals surface area contributed by atoms with Crippen molar-refractivity contribution < 1.29 is 7.77 Å². The van der Waals surface area contributed by atoms with E-state index < -0.39 is 0 Å². The highest BCUT2D eigenvalue weighted by Crippen LogP contribution is 2.47. The number of rotatable bonds is 6. The van der Waals surface area contributed by atoms with E-state index in [2.05, 4.69) is 18.5 Å². The third kappa shape index (κ3) is 2.71. The Morgan fingerprint density at radius 2 is 1.95 bits per heavy atom. The Balaban J connectivity index is 2.25. The second-order valence-electron chi connectivity index (χ2n) is 4.79. The van der Waals surface area contributed by atoms with Crippen molar-refractivity contribution in [2.45, 2.75) is 41.3 Å². The van der Waals surface area contributed by atoms with Crippen LogP contribution in [-0.4, -0.2) is 5.54 Å². The van der Waals surface area contributed by atoms with Gasteiger partial charge in [-0.05, 0) is 32.3 Å². The van der Waals surface area contributed by atoms with Gasteiger partial charge < -0.3 is 5.32 Å². The summed E-state index contributed by atoms with van der Waals surface area (Å²) in [5, 5.41) is 3.37. The minimum Gasteiger partial charge on any atom is -0.375 e. The Bertz CT molecular complexity index is 532. The molecule has 6 heteroatoms. The van der Waals surface area contributed by atoms with Crippen molar-refractivity contribution in [1.29, 1.82) is 0 Å². The number of nitrogens with one attached hydrogen (secondary N) is 1.